The second-order valence-electron chi connectivity index (χ2n) is 6.26. The molecule has 2 aromatic rings. The lowest BCUT2D eigenvalue weighted by Crippen LogP contribution is -2.35. The Hall–Kier alpha value is -1.80. The predicted molar refractivity (Wildman–Crippen MR) is 89.8 cm³/mol. The van der Waals surface area contributed by atoms with Gasteiger partial charge in [0.15, 0.2) is 0 Å². The van der Waals surface area contributed by atoms with Crippen molar-refractivity contribution in [2.45, 2.75) is 39.2 Å². The van der Waals surface area contributed by atoms with Crippen LogP contribution in [0.4, 0.5) is 5.69 Å². The van der Waals surface area contributed by atoms with E-state index in [1.54, 1.807) is 0 Å². The second kappa shape index (κ2) is 6.31. The lowest BCUT2D eigenvalue weighted by molar-refractivity contribution is 0.224. The first-order chi connectivity index (χ1) is 9.94. The van der Waals surface area contributed by atoms with Crippen LogP contribution < -0.4 is 5.32 Å². The summed E-state index contributed by atoms with van der Waals surface area (Å²) in [5, 5.41) is 13.3. The Kier molecular flexibility index (Phi) is 4.69. The van der Waals surface area contributed by atoms with E-state index in [4.69, 9.17) is 0 Å². The number of anilines is 1. The van der Waals surface area contributed by atoms with Gasteiger partial charge in [-0.05, 0) is 48.6 Å². The molecular weight excluding hydrogens is 258 g/mol. The van der Waals surface area contributed by atoms with Crippen molar-refractivity contribution in [3.63, 3.8) is 0 Å². The summed E-state index contributed by atoms with van der Waals surface area (Å²) < 4.78 is 0. The van der Waals surface area contributed by atoms with Crippen LogP contribution in [-0.4, -0.2) is 11.7 Å². The van der Waals surface area contributed by atoms with Crippen molar-refractivity contribution in [2.75, 3.05) is 11.9 Å². The number of hydrogen-bond acceptors (Lipinski definition) is 2. The summed E-state index contributed by atoms with van der Waals surface area (Å²) in [6.07, 6.45) is 0. The molecule has 0 aliphatic carbocycles. The molecular formula is C19H25NO. The lowest BCUT2D eigenvalue weighted by atomic mass is 9.90. The summed E-state index contributed by atoms with van der Waals surface area (Å²) in [6.45, 7) is 8.51. The molecule has 112 valence electrons. The van der Waals surface area contributed by atoms with Gasteiger partial charge in [0.05, 0.1) is 12.1 Å². The zero-order valence-corrected chi connectivity index (χ0v) is 13.4. The highest BCUT2D eigenvalue weighted by molar-refractivity contribution is 5.49. The molecule has 0 aliphatic heterocycles. The first kappa shape index (κ1) is 15.6. The minimum absolute atomic E-state index is 0.0436. The Morgan fingerprint density at radius 1 is 1.10 bits per heavy atom. The molecule has 0 saturated carbocycles. The number of aliphatic hydroxyl groups is 1. The van der Waals surface area contributed by atoms with Gasteiger partial charge in [-0.2, -0.15) is 0 Å². The average molecular weight is 283 g/mol. The van der Waals surface area contributed by atoms with Crippen molar-refractivity contribution in [3.05, 3.63) is 65.2 Å². The molecule has 0 fully saturated rings. The van der Waals surface area contributed by atoms with Crippen molar-refractivity contribution >= 4 is 5.69 Å². The van der Waals surface area contributed by atoms with Crippen LogP contribution in [0.3, 0.4) is 0 Å². The number of aryl methyl sites for hydroxylation is 1. The van der Waals surface area contributed by atoms with Crippen LogP contribution in [-0.2, 0) is 5.54 Å². The van der Waals surface area contributed by atoms with Crippen LogP contribution in [0.5, 0.6) is 0 Å². The fraction of sp³-hybridized carbons (Fsp3) is 0.368. The summed E-state index contributed by atoms with van der Waals surface area (Å²) in [6, 6.07) is 16.7. The van der Waals surface area contributed by atoms with Gasteiger partial charge in [-0.3, -0.25) is 0 Å². The molecule has 2 heteroatoms. The molecule has 0 saturated heterocycles. The van der Waals surface area contributed by atoms with E-state index in [2.05, 4.69) is 62.5 Å². The van der Waals surface area contributed by atoms with Crippen molar-refractivity contribution in [1.82, 2.24) is 0 Å². The van der Waals surface area contributed by atoms with Gasteiger partial charge < -0.3 is 10.4 Å². The zero-order chi connectivity index (χ0) is 15.5. The molecule has 0 heterocycles. The van der Waals surface area contributed by atoms with E-state index in [0.717, 1.165) is 11.3 Å². The highest BCUT2D eigenvalue weighted by Crippen LogP contribution is 2.27. The fourth-order valence-electron chi connectivity index (χ4n) is 2.48. The molecule has 0 spiro atoms. The van der Waals surface area contributed by atoms with Gasteiger partial charge >= 0.3 is 0 Å². The second-order valence-corrected chi connectivity index (χ2v) is 6.26. The van der Waals surface area contributed by atoms with Crippen LogP contribution in [0.15, 0.2) is 48.5 Å². The Morgan fingerprint density at radius 3 is 2.29 bits per heavy atom. The lowest BCUT2D eigenvalue weighted by Gasteiger charge is -2.31. The highest BCUT2D eigenvalue weighted by Gasteiger charge is 2.25. The molecule has 0 aromatic heterocycles. The van der Waals surface area contributed by atoms with E-state index in [1.165, 1.54) is 11.1 Å². The van der Waals surface area contributed by atoms with Crippen molar-refractivity contribution in [3.8, 4) is 0 Å². The Morgan fingerprint density at radius 2 is 1.76 bits per heavy atom. The topological polar surface area (TPSA) is 32.3 Å². The van der Waals surface area contributed by atoms with E-state index in [1.807, 2.05) is 19.1 Å². The number of nitrogens with one attached hydrogen (secondary N) is 1. The van der Waals surface area contributed by atoms with E-state index in [-0.39, 0.29) is 6.61 Å². The minimum atomic E-state index is -0.483. The third-order valence-electron chi connectivity index (χ3n) is 3.97. The summed E-state index contributed by atoms with van der Waals surface area (Å²) in [5.41, 5.74) is 4.16. The molecule has 2 N–H and O–H groups in total. The third kappa shape index (κ3) is 3.64. The molecule has 2 aromatic carbocycles. The SMILES string of the molecule is Cc1cccc(NC(C)(CO)c2ccc(C(C)C)cc2)c1. The van der Waals surface area contributed by atoms with Crippen molar-refractivity contribution in [1.29, 1.82) is 0 Å². The summed E-state index contributed by atoms with van der Waals surface area (Å²) in [4.78, 5) is 0. The molecule has 0 aliphatic rings. The monoisotopic (exact) mass is 283 g/mol. The van der Waals surface area contributed by atoms with Gasteiger partial charge in [-0.15, -0.1) is 0 Å². The highest BCUT2D eigenvalue weighted by atomic mass is 16.3. The summed E-state index contributed by atoms with van der Waals surface area (Å²) in [7, 11) is 0. The fourth-order valence-corrected chi connectivity index (χ4v) is 2.48. The molecule has 0 bridgehead atoms. The summed E-state index contributed by atoms with van der Waals surface area (Å²) in [5.74, 6) is 0.518. The van der Waals surface area contributed by atoms with Crippen molar-refractivity contribution in [2.24, 2.45) is 0 Å². The predicted octanol–water partition coefficient (Wildman–Crippen LogP) is 4.44. The van der Waals surface area contributed by atoms with Gasteiger partial charge in [0.25, 0.3) is 0 Å². The van der Waals surface area contributed by atoms with Gasteiger partial charge in [0.2, 0.25) is 0 Å². The Bertz CT molecular complexity index is 589. The molecule has 1 atom stereocenters. The number of rotatable bonds is 5. The summed E-state index contributed by atoms with van der Waals surface area (Å²) >= 11 is 0. The molecule has 2 rings (SSSR count). The maximum absolute atomic E-state index is 9.89. The third-order valence-corrected chi connectivity index (χ3v) is 3.97. The van der Waals surface area contributed by atoms with Gasteiger partial charge in [-0.25, -0.2) is 0 Å². The van der Waals surface area contributed by atoms with Crippen molar-refractivity contribution < 1.29 is 5.11 Å². The van der Waals surface area contributed by atoms with E-state index < -0.39 is 5.54 Å². The molecule has 0 radical (unpaired) electrons. The first-order valence-electron chi connectivity index (χ1n) is 7.51. The van der Waals surface area contributed by atoms with Gasteiger partial charge in [0, 0.05) is 5.69 Å². The van der Waals surface area contributed by atoms with Gasteiger partial charge in [0.1, 0.15) is 0 Å². The number of hydrogen-bond donors (Lipinski definition) is 2. The molecule has 21 heavy (non-hydrogen) atoms. The van der Waals surface area contributed by atoms with Crippen LogP contribution >= 0.6 is 0 Å². The largest absolute Gasteiger partial charge is 0.394 e. The van der Waals surface area contributed by atoms with E-state index >= 15 is 0 Å². The first-order valence-corrected chi connectivity index (χ1v) is 7.51. The smallest absolute Gasteiger partial charge is 0.0828 e. The van der Waals surface area contributed by atoms with Crippen LogP contribution in [0.25, 0.3) is 0 Å². The van der Waals surface area contributed by atoms with Gasteiger partial charge in [-0.1, -0.05) is 50.2 Å². The van der Waals surface area contributed by atoms with Crippen LogP contribution in [0, 0.1) is 6.92 Å². The number of aliphatic hydroxyl groups excluding tert-OH is 1. The Balaban J connectivity index is 2.27. The normalized spacial score (nSPS) is 14.0. The standard InChI is InChI=1S/C19H25NO/c1-14(2)16-8-10-17(11-9-16)19(4,13-21)20-18-7-5-6-15(3)12-18/h5-12,14,20-21H,13H2,1-4H3. The molecule has 0 amide bonds. The minimum Gasteiger partial charge on any atom is -0.394 e. The van der Waals surface area contributed by atoms with E-state index in [0.29, 0.717) is 5.92 Å². The van der Waals surface area contributed by atoms with E-state index in [9.17, 15) is 5.11 Å². The average Bonchev–Trinajstić information content (AvgIpc) is 2.47. The zero-order valence-electron chi connectivity index (χ0n) is 13.4. The van der Waals surface area contributed by atoms with Crippen LogP contribution in [0.2, 0.25) is 0 Å². The quantitative estimate of drug-likeness (QED) is 0.850. The Labute approximate surface area is 127 Å². The maximum atomic E-state index is 9.89. The maximum Gasteiger partial charge on any atom is 0.0828 e. The number of benzene rings is 2. The molecule has 1 unspecified atom stereocenters. The van der Waals surface area contributed by atoms with Crippen LogP contribution in [0.1, 0.15) is 43.4 Å². The molecule has 2 nitrogen and oxygen atoms in total.